The van der Waals surface area contributed by atoms with Crippen molar-refractivity contribution in [2.75, 3.05) is 0 Å². The Kier molecular flexibility index (Phi) is 3.02. The highest BCUT2D eigenvalue weighted by atomic mass is 16.3. The fourth-order valence-corrected chi connectivity index (χ4v) is 2.45. The number of nitrogens with zero attached hydrogens (tertiary/aromatic N) is 3. The summed E-state index contributed by atoms with van der Waals surface area (Å²) < 4.78 is 1.84. The van der Waals surface area contributed by atoms with Gasteiger partial charge in [-0.25, -0.2) is 9.67 Å². The van der Waals surface area contributed by atoms with Crippen LogP contribution in [0.5, 0.6) is 0 Å². The van der Waals surface area contributed by atoms with Gasteiger partial charge in [0.05, 0.1) is 12.1 Å². The number of rotatable bonds is 2. The lowest BCUT2D eigenvalue weighted by molar-refractivity contribution is -0.0249. The molecule has 0 radical (unpaired) electrons. The van der Waals surface area contributed by atoms with Crippen LogP contribution in [0.1, 0.15) is 44.3 Å². The van der Waals surface area contributed by atoms with Gasteiger partial charge in [-0.1, -0.05) is 6.92 Å². The Balaban J connectivity index is 2.06. The van der Waals surface area contributed by atoms with Crippen molar-refractivity contribution in [3.05, 3.63) is 11.6 Å². The van der Waals surface area contributed by atoms with Crippen LogP contribution in [-0.2, 0) is 6.54 Å². The maximum atomic E-state index is 10.5. The fraction of sp³-hybridized carbons (Fsp3) is 0.833. The molecule has 1 saturated carbocycles. The van der Waals surface area contributed by atoms with Gasteiger partial charge in [0.1, 0.15) is 11.6 Å². The number of aryl methyl sites for hydroxylation is 2. The Labute approximate surface area is 96.7 Å². The molecule has 2 rings (SSSR count). The van der Waals surface area contributed by atoms with Gasteiger partial charge in [0.25, 0.3) is 0 Å². The van der Waals surface area contributed by atoms with Gasteiger partial charge in [0.15, 0.2) is 0 Å². The van der Waals surface area contributed by atoms with E-state index in [0.29, 0.717) is 6.54 Å². The normalized spacial score (nSPS) is 30.6. The number of hydrogen-bond acceptors (Lipinski definition) is 3. The summed E-state index contributed by atoms with van der Waals surface area (Å²) in [6.07, 6.45) is 3.99. The summed E-state index contributed by atoms with van der Waals surface area (Å²) in [4.78, 5) is 4.26. The van der Waals surface area contributed by atoms with Crippen molar-refractivity contribution < 1.29 is 5.11 Å². The van der Waals surface area contributed by atoms with Crippen LogP contribution in [0.25, 0.3) is 0 Å². The molecule has 1 aliphatic carbocycles. The van der Waals surface area contributed by atoms with Gasteiger partial charge in [-0.3, -0.25) is 0 Å². The molecule has 4 nitrogen and oxygen atoms in total. The first kappa shape index (κ1) is 11.6. The highest BCUT2D eigenvalue weighted by molar-refractivity contribution is 4.92. The van der Waals surface area contributed by atoms with Gasteiger partial charge in [0, 0.05) is 0 Å². The van der Waals surface area contributed by atoms with Crippen LogP contribution >= 0.6 is 0 Å². The minimum atomic E-state index is -0.572. The predicted octanol–water partition coefficient (Wildman–Crippen LogP) is 1.84. The van der Waals surface area contributed by atoms with Crippen molar-refractivity contribution >= 4 is 0 Å². The molecule has 1 fully saturated rings. The highest BCUT2D eigenvalue weighted by Gasteiger charge is 2.32. The first-order valence-corrected chi connectivity index (χ1v) is 6.09. The summed E-state index contributed by atoms with van der Waals surface area (Å²) in [5.74, 6) is 2.42. The Hall–Kier alpha value is -0.900. The molecule has 1 aliphatic rings. The third-order valence-electron chi connectivity index (χ3n) is 3.61. The molecule has 0 atom stereocenters. The van der Waals surface area contributed by atoms with E-state index in [0.717, 1.165) is 43.3 Å². The van der Waals surface area contributed by atoms with Gasteiger partial charge in [-0.15, -0.1) is 0 Å². The molecule has 0 unspecified atom stereocenters. The van der Waals surface area contributed by atoms with Crippen LogP contribution in [0.3, 0.4) is 0 Å². The van der Waals surface area contributed by atoms with Crippen LogP contribution in [0.4, 0.5) is 0 Å². The van der Waals surface area contributed by atoms with E-state index in [4.69, 9.17) is 0 Å². The van der Waals surface area contributed by atoms with Crippen molar-refractivity contribution in [1.29, 1.82) is 0 Å². The zero-order valence-corrected chi connectivity index (χ0v) is 10.4. The van der Waals surface area contributed by atoms with Crippen molar-refractivity contribution in [1.82, 2.24) is 14.8 Å². The van der Waals surface area contributed by atoms with Crippen LogP contribution < -0.4 is 0 Å². The second kappa shape index (κ2) is 4.17. The van der Waals surface area contributed by atoms with E-state index in [2.05, 4.69) is 17.0 Å². The molecule has 90 valence electrons. The molecule has 1 N–H and O–H groups in total. The molecule has 1 aromatic rings. The third-order valence-corrected chi connectivity index (χ3v) is 3.61. The maximum Gasteiger partial charge on any atom is 0.147 e. The van der Waals surface area contributed by atoms with Gasteiger partial charge in [-0.2, -0.15) is 5.10 Å². The SMILES string of the molecule is Cc1nc(C)n(CC2(O)CCC(C)CC2)n1. The number of aliphatic hydroxyl groups is 1. The highest BCUT2D eigenvalue weighted by Crippen LogP contribution is 2.32. The first-order valence-electron chi connectivity index (χ1n) is 6.09. The molecule has 0 amide bonds. The molecule has 16 heavy (non-hydrogen) atoms. The summed E-state index contributed by atoms with van der Waals surface area (Å²) in [5, 5.41) is 14.8. The quantitative estimate of drug-likeness (QED) is 0.832. The Bertz CT molecular complexity index is 364. The summed E-state index contributed by atoms with van der Waals surface area (Å²) in [6, 6.07) is 0. The van der Waals surface area contributed by atoms with E-state index in [9.17, 15) is 5.11 Å². The number of hydrogen-bond donors (Lipinski definition) is 1. The van der Waals surface area contributed by atoms with Gasteiger partial charge in [0.2, 0.25) is 0 Å². The second-order valence-corrected chi connectivity index (χ2v) is 5.27. The topological polar surface area (TPSA) is 50.9 Å². The standard InChI is InChI=1S/C12H21N3O/c1-9-4-6-12(16,7-5-9)8-15-11(3)13-10(2)14-15/h9,16H,4-8H2,1-3H3. The van der Waals surface area contributed by atoms with E-state index >= 15 is 0 Å². The Morgan fingerprint density at radius 2 is 2.00 bits per heavy atom. The Morgan fingerprint density at radius 3 is 2.50 bits per heavy atom. The molecule has 1 aromatic heterocycles. The first-order chi connectivity index (χ1) is 7.48. The van der Waals surface area contributed by atoms with Crippen LogP contribution in [0, 0.1) is 19.8 Å². The zero-order chi connectivity index (χ0) is 11.8. The molecular formula is C12H21N3O. The monoisotopic (exact) mass is 223 g/mol. The maximum absolute atomic E-state index is 10.5. The lowest BCUT2D eigenvalue weighted by atomic mass is 9.79. The molecule has 0 spiro atoms. The predicted molar refractivity (Wildman–Crippen MR) is 62.1 cm³/mol. The molecule has 1 heterocycles. The van der Waals surface area contributed by atoms with E-state index in [1.165, 1.54) is 0 Å². The van der Waals surface area contributed by atoms with Crippen molar-refractivity contribution in [2.45, 2.75) is 58.6 Å². The number of aromatic nitrogens is 3. The second-order valence-electron chi connectivity index (χ2n) is 5.27. The average molecular weight is 223 g/mol. The summed E-state index contributed by atoms with van der Waals surface area (Å²) in [7, 11) is 0. The zero-order valence-electron chi connectivity index (χ0n) is 10.4. The molecule has 0 bridgehead atoms. The van der Waals surface area contributed by atoms with E-state index in [1.54, 1.807) is 0 Å². The smallest absolute Gasteiger partial charge is 0.147 e. The van der Waals surface area contributed by atoms with E-state index in [1.807, 2.05) is 18.5 Å². The summed E-state index contributed by atoms with van der Waals surface area (Å²) >= 11 is 0. The largest absolute Gasteiger partial charge is 0.388 e. The van der Waals surface area contributed by atoms with Crippen molar-refractivity contribution in [3.63, 3.8) is 0 Å². The molecule has 0 aliphatic heterocycles. The lowest BCUT2D eigenvalue weighted by Gasteiger charge is -2.34. The molecular weight excluding hydrogens is 202 g/mol. The lowest BCUT2D eigenvalue weighted by Crippen LogP contribution is -2.38. The van der Waals surface area contributed by atoms with Crippen molar-refractivity contribution in [3.8, 4) is 0 Å². The van der Waals surface area contributed by atoms with Crippen LogP contribution in [0.15, 0.2) is 0 Å². The van der Waals surface area contributed by atoms with E-state index in [-0.39, 0.29) is 0 Å². The molecule has 4 heteroatoms. The fourth-order valence-electron chi connectivity index (χ4n) is 2.45. The van der Waals surface area contributed by atoms with Gasteiger partial charge in [-0.05, 0) is 45.4 Å². The minimum Gasteiger partial charge on any atom is -0.388 e. The van der Waals surface area contributed by atoms with Crippen LogP contribution in [-0.4, -0.2) is 25.5 Å². The summed E-state index contributed by atoms with van der Waals surface area (Å²) in [5.41, 5.74) is -0.572. The minimum absolute atomic E-state index is 0.572. The third kappa shape index (κ3) is 2.43. The average Bonchev–Trinajstić information content (AvgIpc) is 2.51. The van der Waals surface area contributed by atoms with Gasteiger partial charge >= 0.3 is 0 Å². The van der Waals surface area contributed by atoms with Crippen molar-refractivity contribution in [2.24, 2.45) is 5.92 Å². The Morgan fingerprint density at radius 1 is 1.38 bits per heavy atom. The molecule has 0 aromatic carbocycles. The summed E-state index contributed by atoms with van der Waals surface area (Å²) in [6.45, 7) is 6.67. The van der Waals surface area contributed by atoms with Crippen LogP contribution in [0.2, 0.25) is 0 Å². The van der Waals surface area contributed by atoms with E-state index < -0.39 is 5.60 Å². The molecule has 0 saturated heterocycles. The van der Waals surface area contributed by atoms with Gasteiger partial charge < -0.3 is 5.11 Å².